The highest BCUT2D eigenvalue weighted by molar-refractivity contribution is 6.31. The lowest BCUT2D eigenvalue weighted by atomic mass is 9.81. The Morgan fingerprint density at radius 3 is 2.59 bits per heavy atom. The predicted octanol–water partition coefficient (Wildman–Crippen LogP) is 3.24. The molecule has 0 fully saturated rings. The molecule has 1 rings (SSSR count). The normalized spacial score (nSPS) is 11.4. The van der Waals surface area contributed by atoms with E-state index in [1.54, 1.807) is 13.8 Å². The Hall–Kier alpha value is -1.29. The maximum atomic E-state index is 13.5. The van der Waals surface area contributed by atoms with Gasteiger partial charge >= 0.3 is 5.97 Å². The maximum absolute atomic E-state index is 13.5. The lowest BCUT2D eigenvalue weighted by Gasteiger charge is -2.24. The van der Waals surface area contributed by atoms with Crippen LogP contribution in [0.2, 0.25) is 5.02 Å². The first kappa shape index (κ1) is 13.8. The topological polar surface area (TPSA) is 46.5 Å². The van der Waals surface area contributed by atoms with Crippen molar-refractivity contribution in [3.63, 3.8) is 0 Å². The number of aliphatic carboxylic acids is 1. The van der Waals surface area contributed by atoms with Crippen LogP contribution in [-0.4, -0.2) is 18.2 Å². The van der Waals surface area contributed by atoms with E-state index in [1.807, 2.05) is 0 Å². The highest BCUT2D eigenvalue weighted by Crippen LogP contribution is 2.34. The van der Waals surface area contributed by atoms with Gasteiger partial charge in [-0.05, 0) is 17.7 Å². The van der Waals surface area contributed by atoms with Crippen molar-refractivity contribution in [3.8, 4) is 5.75 Å². The van der Waals surface area contributed by atoms with Crippen molar-refractivity contribution >= 4 is 17.6 Å². The number of carbonyl (C=O) groups is 1. The van der Waals surface area contributed by atoms with Crippen molar-refractivity contribution in [2.24, 2.45) is 0 Å². The third kappa shape index (κ3) is 3.09. The van der Waals surface area contributed by atoms with Gasteiger partial charge in [-0.25, -0.2) is 4.39 Å². The largest absolute Gasteiger partial charge is 0.494 e. The molecule has 1 N–H and O–H groups in total. The Morgan fingerprint density at radius 2 is 2.12 bits per heavy atom. The second-order valence-electron chi connectivity index (χ2n) is 4.43. The molecule has 0 unspecified atom stereocenters. The van der Waals surface area contributed by atoms with Gasteiger partial charge in [0.15, 0.2) is 11.6 Å². The molecule has 0 saturated heterocycles. The minimum Gasteiger partial charge on any atom is -0.494 e. The number of hydrogen-bond acceptors (Lipinski definition) is 2. The van der Waals surface area contributed by atoms with Crippen LogP contribution in [0, 0.1) is 5.82 Å². The van der Waals surface area contributed by atoms with Crippen LogP contribution in [-0.2, 0) is 10.2 Å². The third-order valence-corrected chi connectivity index (χ3v) is 2.86. The summed E-state index contributed by atoms with van der Waals surface area (Å²) in [6.07, 6.45) is -0.0713. The molecular formula is C12H14ClFO3. The van der Waals surface area contributed by atoms with Gasteiger partial charge in [0.2, 0.25) is 0 Å². The van der Waals surface area contributed by atoms with Crippen LogP contribution in [0.3, 0.4) is 0 Å². The first-order chi connectivity index (χ1) is 7.77. The number of carboxylic acids is 1. The van der Waals surface area contributed by atoms with Crippen molar-refractivity contribution in [1.29, 1.82) is 0 Å². The minimum absolute atomic E-state index is 0.0194. The van der Waals surface area contributed by atoms with Gasteiger partial charge < -0.3 is 9.84 Å². The van der Waals surface area contributed by atoms with E-state index in [0.29, 0.717) is 5.56 Å². The summed E-state index contributed by atoms with van der Waals surface area (Å²) in [5.74, 6) is -1.54. The van der Waals surface area contributed by atoms with Crippen molar-refractivity contribution in [1.82, 2.24) is 0 Å². The average molecular weight is 261 g/mol. The second kappa shape index (κ2) is 4.92. The van der Waals surface area contributed by atoms with Crippen LogP contribution in [0.15, 0.2) is 12.1 Å². The summed E-state index contributed by atoms with van der Waals surface area (Å²) < 4.78 is 18.3. The molecule has 0 amide bonds. The summed E-state index contributed by atoms with van der Waals surface area (Å²) in [7, 11) is 1.34. The van der Waals surface area contributed by atoms with Crippen molar-refractivity contribution in [2.75, 3.05) is 7.11 Å². The van der Waals surface area contributed by atoms with E-state index in [1.165, 1.54) is 19.2 Å². The van der Waals surface area contributed by atoms with E-state index in [-0.39, 0.29) is 17.2 Å². The highest BCUT2D eigenvalue weighted by atomic mass is 35.5. The van der Waals surface area contributed by atoms with E-state index in [2.05, 4.69) is 0 Å². The number of methoxy groups -OCH3 is 1. The molecule has 0 atom stereocenters. The highest BCUT2D eigenvalue weighted by Gasteiger charge is 2.26. The number of ether oxygens (including phenoxy) is 1. The number of hydrogen-bond donors (Lipinski definition) is 1. The molecule has 5 heteroatoms. The number of rotatable bonds is 4. The molecule has 0 bridgehead atoms. The van der Waals surface area contributed by atoms with E-state index in [0.717, 1.165) is 0 Å². The molecule has 0 saturated carbocycles. The average Bonchev–Trinajstić information content (AvgIpc) is 2.19. The van der Waals surface area contributed by atoms with Crippen LogP contribution >= 0.6 is 11.6 Å². The van der Waals surface area contributed by atoms with Gasteiger partial charge in [0.1, 0.15) is 0 Å². The predicted molar refractivity (Wildman–Crippen MR) is 63.2 cm³/mol. The number of benzene rings is 1. The lowest BCUT2D eigenvalue weighted by molar-refractivity contribution is -0.138. The van der Waals surface area contributed by atoms with Gasteiger partial charge in [-0.1, -0.05) is 25.4 Å². The second-order valence-corrected chi connectivity index (χ2v) is 4.84. The van der Waals surface area contributed by atoms with Crippen molar-refractivity contribution in [3.05, 3.63) is 28.5 Å². The summed E-state index contributed by atoms with van der Waals surface area (Å²) in [6, 6.07) is 2.91. The Bertz CT molecular complexity index is 444. The molecule has 0 heterocycles. The number of carboxylic acid groups (broad SMARTS) is 1. The molecule has 17 heavy (non-hydrogen) atoms. The minimum atomic E-state index is -0.922. The zero-order chi connectivity index (χ0) is 13.2. The van der Waals surface area contributed by atoms with Gasteiger partial charge in [-0.2, -0.15) is 0 Å². The molecule has 3 nitrogen and oxygen atoms in total. The van der Waals surface area contributed by atoms with E-state index < -0.39 is 17.2 Å². The van der Waals surface area contributed by atoms with E-state index >= 15 is 0 Å². The lowest BCUT2D eigenvalue weighted by Crippen LogP contribution is -2.21. The van der Waals surface area contributed by atoms with Crippen LogP contribution < -0.4 is 4.74 Å². The molecule has 0 spiro atoms. The standard InChI is InChI=1S/C12H14ClFO3/c1-12(2,6-10(15)16)7-4-8(13)11(14)9(5-7)17-3/h4-5H,6H2,1-3H3,(H,15,16). The first-order valence-electron chi connectivity index (χ1n) is 5.03. The summed E-state index contributed by atoms with van der Waals surface area (Å²) in [6.45, 7) is 3.51. The third-order valence-electron chi connectivity index (χ3n) is 2.59. The van der Waals surface area contributed by atoms with Crippen molar-refractivity contribution in [2.45, 2.75) is 25.7 Å². The van der Waals surface area contributed by atoms with Gasteiger partial charge in [0.25, 0.3) is 0 Å². The number of halogens is 2. The van der Waals surface area contributed by atoms with Gasteiger partial charge in [0, 0.05) is 5.41 Å². The Balaban J connectivity index is 3.22. The molecule has 1 aromatic carbocycles. The van der Waals surface area contributed by atoms with Crippen LogP contribution in [0.4, 0.5) is 4.39 Å². The van der Waals surface area contributed by atoms with Gasteiger partial charge in [-0.15, -0.1) is 0 Å². The molecule has 0 aliphatic rings. The smallest absolute Gasteiger partial charge is 0.304 e. The van der Waals surface area contributed by atoms with E-state index in [9.17, 15) is 9.18 Å². The SMILES string of the molecule is COc1cc(C(C)(C)CC(=O)O)cc(Cl)c1F. The van der Waals surface area contributed by atoms with Gasteiger partial charge in [0.05, 0.1) is 18.6 Å². The fourth-order valence-corrected chi connectivity index (χ4v) is 1.79. The van der Waals surface area contributed by atoms with Crippen LogP contribution in [0.1, 0.15) is 25.8 Å². The molecule has 0 aromatic heterocycles. The maximum Gasteiger partial charge on any atom is 0.304 e. The molecule has 1 aromatic rings. The van der Waals surface area contributed by atoms with Gasteiger partial charge in [-0.3, -0.25) is 4.79 Å². The molecule has 0 radical (unpaired) electrons. The van der Waals surface area contributed by atoms with Crippen LogP contribution in [0.25, 0.3) is 0 Å². The summed E-state index contributed by atoms with van der Waals surface area (Å²) in [4.78, 5) is 10.8. The molecule has 0 aliphatic heterocycles. The summed E-state index contributed by atoms with van der Waals surface area (Å²) in [5, 5.41) is 8.75. The molecule has 0 aliphatic carbocycles. The zero-order valence-electron chi connectivity index (χ0n) is 9.88. The summed E-state index contributed by atoms with van der Waals surface area (Å²) >= 11 is 5.74. The fourth-order valence-electron chi connectivity index (χ4n) is 1.58. The molecular weight excluding hydrogens is 247 g/mol. The fraction of sp³-hybridized carbons (Fsp3) is 0.417. The zero-order valence-corrected chi connectivity index (χ0v) is 10.6. The van der Waals surface area contributed by atoms with Crippen LogP contribution in [0.5, 0.6) is 5.75 Å². The van der Waals surface area contributed by atoms with E-state index in [4.69, 9.17) is 21.4 Å². The first-order valence-corrected chi connectivity index (χ1v) is 5.41. The summed E-state index contributed by atoms with van der Waals surface area (Å²) in [5.41, 5.74) is -0.0145. The Kier molecular flexibility index (Phi) is 3.98. The Labute approximate surface area is 104 Å². The quantitative estimate of drug-likeness (QED) is 0.904. The monoisotopic (exact) mass is 260 g/mol. The van der Waals surface area contributed by atoms with Crippen molar-refractivity contribution < 1.29 is 19.0 Å². The Morgan fingerprint density at radius 1 is 1.53 bits per heavy atom. The molecule has 94 valence electrons.